The molecule has 1 aliphatic heterocycles. The van der Waals surface area contributed by atoms with Gasteiger partial charge in [0, 0.05) is 28.7 Å². The van der Waals surface area contributed by atoms with Gasteiger partial charge in [-0.2, -0.15) is 0 Å². The predicted octanol–water partition coefficient (Wildman–Crippen LogP) is 5.04. The number of ether oxygens (including phenoxy) is 1. The Labute approximate surface area is 149 Å². The van der Waals surface area contributed by atoms with E-state index in [4.69, 9.17) is 21.3 Å². The van der Waals surface area contributed by atoms with Crippen LogP contribution in [-0.4, -0.2) is 25.2 Å². The first-order chi connectivity index (χ1) is 11.7. The molecule has 0 saturated heterocycles. The van der Waals surface area contributed by atoms with Crippen LogP contribution in [0, 0.1) is 0 Å². The van der Waals surface area contributed by atoms with Gasteiger partial charge in [0.1, 0.15) is 6.61 Å². The van der Waals surface area contributed by atoms with Crippen LogP contribution in [0.4, 0.5) is 16.5 Å². The molecular formula is C18H16ClN3OS. The second-order valence-corrected chi connectivity index (χ2v) is 6.90. The molecule has 4 rings (SSSR count). The molecule has 0 bridgehead atoms. The highest BCUT2D eigenvalue weighted by Crippen LogP contribution is 2.43. The van der Waals surface area contributed by atoms with Gasteiger partial charge < -0.3 is 15.0 Å². The second-order valence-electron chi connectivity index (χ2n) is 5.60. The molecule has 122 valence electrons. The Morgan fingerprint density at radius 1 is 1.25 bits per heavy atom. The Balaban J connectivity index is 1.70. The molecule has 4 nitrogen and oxygen atoms in total. The Morgan fingerprint density at radius 3 is 2.92 bits per heavy atom. The topological polar surface area (TPSA) is 37.4 Å². The van der Waals surface area contributed by atoms with Crippen molar-refractivity contribution in [1.82, 2.24) is 4.98 Å². The first kappa shape index (κ1) is 15.3. The van der Waals surface area contributed by atoms with Crippen molar-refractivity contribution in [2.24, 2.45) is 0 Å². The maximum absolute atomic E-state index is 6.31. The molecule has 0 fully saturated rings. The first-order valence-electron chi connectivity index (χ1n) is 7.66. The number of hydrogen-bond donors (Lipinski definition) is 1. The fourth-order valence-electron chi connectivity index (χ4n) is 2.71. The molecule has 0 unspecified atom stereocenters. The number of anilines is 3. The second kappa shape index (κ2) is 6.34. The molecule has 2 heterocycles. The summed E-state index contributed by atoms with van der Waals surface area (Å²) in [4.78, 5) is 6.86. The number of aromatic nitrogens is 1. The van der Waals surface area contributed by atoms with Crippen LogP contribution >= 0.6 is 22.9 Å². The Kier molecular flexibility index (Phi) is 4.04. The lowest BCUT2D eigenvalue weighted by molar-refractivity contribution is 0.312. The van der Waals surface area contributed by atoms with Crippen LogP contribution in [0.3, 0.4) is 0 Å². The number of nitrogens with one attached hydrogen (secondary N) is 1. The summed E-state index contributed by atoms with van der Waals surface area (Å²) in [5.74, 6) is 0.852. The van der Waals surface area contributed by atoms with Gasteiger partial charge >= 0.3 is 0 Å². The normalized spacial score (nSPS) is 13.3. The minimum atomic E-state index is 0.664. The van der Waals surface area contributed by atoms with Crippen molar-refractivity contribution >= 4 is 39.4 Å². The molecule has 6 heteroatoms. The van der Waals surface area contributed by atoms with Crippen molar-refractivity contribution in [2.75, 3.05) is 30.4 Å². The molecule has 0 amide bonds. The summed E-state index contributed by atoms with van der Waals surface area (Å²) >= 11 is 7.87. The molecule has 0 saturated carbocycles. The van der Waals surface area contributed by atoms with E-state index in [-0.39, 0.29) is 0 Å². The van der Waals surface area contributed by atoms with E-state index in [0.717, 1.165) is 40.1 Å². The quantitative estimate of drug-likeness (QED) is 0.712. The summed E-state index contributed by atoms with van der Waals surface area (Å²) in [7, 11) is 2.05. The van der Waals surface area contributed by atoms with Gasteiger partial charge in [0.05, 0.1) is 17.9 Å². The molecular weight excluding hydrogens is 342 g/mol. The fraction of sp³-hybridized carbons (Fsp3) is 0.167. The Hall–Kier alpha value is -2.24. The minimum Gasteiger partial charge on any atom is -0.489 e. The lowest BCUT2D eigenvalue weighted by Gasteiger charge is -2.29. The smallest absolute Gasteiger partial charge is 0.187 e. The van der Waals surface area contributed by atoms with Crippen LogP contribution < -0.4 is 15.0 Å². The zero-order valence-corrected chi connectivity index (χ0v) is 14.7. The van der Waals surface area contributed by atoms with Crippen molar-refractivity contribution in [3.05, 3.63) is 52.9 Å². The van der Waals surface area contributed by atoms with Crippen LogP contribution in [0.25, 0.3) is 11.3 Å². The highest BCUT2D eigenvalue weighted by Gasteiger charge is 2.22. The molecule has 2 aromatic carbocycles. The summed E-state index contributed by atoms with van der Waals surface area (Å²) < 4.78 is 5.91. The number of benzene rings is 2. The van der Waals surface area contributed by atoms with Crippen LogP contribution in [0.1, 0.15) is 0 Å². The maximum atomic E-state index is 6.31. The van der Waals surface area contributed by atoms with Gasteiger partial charge in [-0.05, 0) is 24.3 Å². The number of thiazole rings is 1. The average molecular weight is 358 g/mol. The SMILES string of the molecule is CN1CCOc2c(-c3csc(Nc4ccccc4)n3)cc(Cl)cc21. The van der Waals surface area contributed by atoms with Crippen LogP contribution in [-0.2, 0) is 0 Å². The van der Waals surface area contributed by atoms with Crippen LogP contribution in [0.2, 0.25) is 5.02 Å². The molecule has 24 heavy (non-hydrogen) atoms. The van der Waals surface area contributed by atoms with Crippen molar-refractivity contribution in [3.63, 3.8) is 0 Å². The maximum Gasteiger partial charge on any atom is 0.187 e. The van der Waals surface area contributed by atoms with Gasteiger partial charge in [0.2, 0.25) is 0 Å². The van der Waals surface area contributed by atoms with Gasteiger partial charge in [0.25, 0.3) is 0 Å². The fourth-order valence-corrected chi connectivity index (χ4v) is 3.65. The predicted molar refractivity (Wildman–Crippen MR) is 101 cm³/mol. The number of para-hydroxylation sites is 1. The van der Waals surface area contributed by atoms with Crippen molar-refractivity contribution in [1.29, 1.82) is 0 Å². The van der Waals surface area contributed by atoms with Gasteiger partial charge in [-0.3, -0.25) is 0 Å². The number of rotatable bonds is 3. The summed E-state index contributed by atoms with van der Waals surface area (Å²) in [6.45, 7) is 1.52. The van der Waals surface area contributed by atoms with E-state index < -0.39 is 0 Å². The summed E-state index contributed by atoms with van der Waals surface area (Å²) in [5, 5.41) is 6.87. The molecule has 0 atom stereocenters. The van der Waals surface area contributed by atoms with Gasteiger partial charge in [-0.25, -0.2) is 4.98 Å². The van der Waals surface area contributed by atoms with E-state index in [0.29, 0.717) is 11.6 Å². The highest BCUT2D eigenvalue weighted by atomic mass is 35.5. The highest BCUT2D eigenvalue weighted by molar-refractivity contribution is 7.14. The zero-order valence-electron chi connectivity index (χ0n) is 13.1. The third-order valence-electron chi connectivity index (χ3n) is 3.92. The third kappa shape index (κ3) is 2.92. The van der Waals surface area contributed by atoms with Gasteiger partial charge in [-0.15, -0.1) is 11.3 Å². The lowest BCUT2D eigenvalue weighted by atomic mass is 10.1. The number of hydrogen-bond acceptors (Lipinski definition) is 5. The number of likely N-dealkylation sites (N-methyl/N-ethyl adjacent to an activating group) is 1. The van der Waals surface area contributed by atoms with Crippen molar-refractivity contribution in [3.8, 4) is 17.0 Å². The summed E-state index contributed by atoms with van der Waals surface area (Å²) in [6.07, 6.45) is 0. The van der Waals surface area contributed by atoms with Crippen molar-refractivity contribution < 1.29 is 4.74 Å². The number of halogens is 1. The Morgan fingerprint density at radius 2 is 2.08 bits per heavy atom. The molecule has 1 aromatic heterocycles. The number of nitrogens with zero attached hydrogens (tertiary/aromatic N) is 2. The van der Waals surface area contributed by atoms with Crippen LogP contribution in [0.5, 0.6) is 5.75 Å². The molecule has 0 radical (unpaired) electrons. The van der Waals surface area contributed by atoms with E-state index in [1.165, 1.54) is 0 Å². The van der Waals surface area contributed by atoms with Crippen LogP contribution in [0.15, 0.2) is 47.8 Å². The van der Waals surface area contributed by atoms with E-state index in [1.54, 1.807) is 11.3 Å². The summed E-state index contributed by atoms with van der Waals surface area (Å²) in [5.41, 5.74) is 3.82. The molecule has 1 aliphatic rings. The molecule has 1 N–H and O–H groups in total. The molecule has 0 aliphatic carbocycles. The zero-order chi connectivity index (χ0) is 16.5. The number of fused-ring (bicyclic) bond motifs is 1. The lowest BCUT2D eigenvalue weighted by Crippen LogP contribution is -2.29. The average Bonchev–Trinajstić information content (AvgIpc) is 3.04. The van der Waals surface area contributed by atoms with E-state index in [2.05, 4.69) is 10.2 Å². The molecule has 3 aromatic rings. The van der Waals surface area contributed by atoms with E-state index in [1.807, 2.05) is 54.9 Å². The van der Waals surface area contributed by atoms with Crippen molar-refractivity contribution in [2.45, 2.75) is 0 Å². The van der Waals surface area contributed by atoms with Gasteiger partial charge in [-0.1, -0.05) is 29.8 Å². The largest absolute Gasteiger partial charge is 0.489 e. The van der Waals surface area contributed by atoms with Gasteiger partial charge in [0.15, 0.2) is 10.9 Å². The molecule has 0 spiro atoms. The third-order valence-corrected chi connectivity index (χ3v) is 4.90. The Bertz CT molecular complexity index is 866. The minimum absolute atomic E-state index is 0.664. The first-order valence-corrected chi connectivity index (χ1v) is 8.92. The monoisotopic (exact) mass is 357 g/mol. The standard InChI is InChI=1S/C18H16ClN3OS/c1-22-7-8-23-17-14(9-12(19)10-16(17)22)15-11-24-18(21-15)20-13-5-3-2-4-6-13/h2-6,9-11H,7-8H2,1H3,(H,20,21). The summed E-state index contributed by atoms with van der Waals surface area (Å²) in [6, 6.07) is 13.9. The van der Waals surface area contributed by atoms with E-state index in [9.17, 15) is 0 Å². The van der Waals surface area contributed by atoms with E-state index >= 15 is 0 Å².